The molecule has 196 valence electrons. The van der Waals surface area contributed by atoms with Crippen molar-refractivity contribution in [2.24, 2.45) is 0 Å². The Morgan fingerprint density at radius 1 is 1.23 bits per heavy atom. The maximum Gasteiger partial charge on any atom is 0.247 e. The van der Waals surface area contributed by atoms with Crippen LogP contribution in [0.4, 0.5) is 0 Å². The van der Waals surface area contributed by atoms with Crippen LogP contribution in [0.2, 0.25) is 0 Å². The van der Waals surface area contributed by atoms with Crippen LogP contribution in [0.25, 0.3) is 0 Å². The molecule has 0 bridgehead atoms. The number of hydrogen-bond acceptors (Lipinski definition) is 7. The number of carbonyl (C=O) groups excluding carboxylic acids is 2. The van der Waals surface area contributed by atoms with Gasteiger partial charge in [0.1, 0.15) is 12.2 Å². The molecular weight excluding hydrogens is 567 g/mol. The lowest BCUT2D eigenvalue weighted by Crippen LogP contribution is -2.55. The normalized spacial score (nSPS) is 19.6. The average molecular weight is 604 g/mol. The minimum Gasteiger partial charge on any atom is -0.493 e. The molecule has 1 aliphatic carbocycles. The number of nitrogens with one attached hydrogen (secondary N) is 1. The number of hydrogen-bond donors (Lipinski definition) is 4. The van der Waals surface area contributed by atoms with Crippen LogP contribution in [0.1, 0.15) is 51.5 Å². The van der Waals surface area contributed by atoms with E-state index >= 15 is 0 Å². The van der Waals surface area contributed by atoms with Gasteiger partial charge in [-0.1, -0.05) is 26.2 Å². The van der Waals surface area contributed by atoms with Crippen molar-refractivity contribution in [2.45, 2.75) is 70.8 Å². The molecule has 0 saturated heterocycles. The molecule has 35 heavy (non-hydrogen) atoms. The van der Waals surface area contributed by atoms with E-state index in [9.17, 15) is 19.8 Å². The first-order valence-corrected chi connectivity index (χ1v) is 13.0. The standard InChI is InChI=1S/C25H37IN2O7/c1-4-5-6-7-9-28(16(2)31)20-13-18(25(33)27-8-10-29)14-21(23(20)32)35-24-19(26)11-17(15-30)12-22(24)34-3/h11-12,14,20-21,23,29-30,32H,4-10,13,15H2,1-3H3,(H,27,33). The fraction of sp³-hybridized carbons (Fsp3) is 0.600. The lowest BCUT2D eigenvalue weighted by molar-refractivity contribution is -0.136. The van der Waals surface area contributed by atoms with Gasteiger partial charge in [0.05, 0.1) is 29.9 Å². The summed E-state index contributed by atoms with van der Waals surface area (Å²) >= 11 is 2.06. The van der Waals surface area contributed by atoms with Gasteiger partial charge in [-0.3, -0.25) is 9.59 Å². The van der Waals surface area contributed by atoms with Crippen LogP contribution in [0.3, 0.4) is 0 Å². The minimum atomic E-state index is -1.09. The summed E-state index contributed by atoms with van der Waals surface area (Å²) in [6, 6.07) is 2.75. The summed E-state index contributed by atoms with van der Waals surface area (Å²) in [6.07, 6.45) is 3.61. The Labute approximate surface area is 220 Å². The number of rotatable bonds is 13. The van der Waals surface area contributed by atoms with Crippen molar-refractivity contribution in [3.8, 4) is 11.5 Å². The van der Waals surface area contributed by atoms with Crippen LogP contribution in [0.15, 0.2) is 23.8 Å². The van der Waals surface area contributed by atoms with E-state index in [4.69, 9.17) is 14.6 Å². The fourth-order valence-electron chi connectivity index (χ4n) is 4.16. The molecule has 0 spiro atoms. The molecule has 0 aliphatic heterocycles. The van der Waals surface area contributed by atoms with Gasteiger partial charge >= 0.3 is 0 Å². The van der Waals surface area contributed by atoms with Crippen LogP contribution in [-0.4, -0.2) is 77.1 Å². The SMILES string of the molecule is CCCCCCN(C(C)=O)C1CC(C(=O)NCCO)=CC(Oc2c(I)cc(CO)cc2OC)C1O. The van der Waals surface area contributed by atoms with Crippen LogP contribution in [0, 0.1) is 3.57 Å². The third-order valence-electron chi connectivity index (χ3n) is 6.00. The number of methoxy groups -OCH3 is 1. The maximum absolute atomic E-state index is 12.8. The highest BCUT2D eigenvalue weighted by molar-refractivity contribution is 14.1. The molecule has 0 saturated carbocycles. The molecular formula is C25H37IN2O7. The molecule has 2 amide bonds. The fourth-order valence-corrected chi connectivity index (χ4v) is 4.95. The van der Waals surface area contributed by atoms with E-state index in [-0.39, 0.29) is 38.0 Å². The Bertz CT molecular complexity index is 893. The van der Waals surface area contributed by atoms with E-state index in [2.05, 4.69) is 34.8 Å². The lowest BCUT2D eigenvalue weighted by Gasteiger charge is -2.40. The molecule has 1 aromatic carbocycles. The topological polar surface area (TPSA) is 129 Å². The molecule has 1 aliphatic rings. The van der Waals surface area contributed by atoms with E-state index in [0.717, 1.165) is 25.7 Å². The number of amides is 2. The predicted octanol–water partition coefficient (Wildman–Crippen LogP) is 2.14. The molecule has 3 atom stereocenters. The molecule has 1 aromatic rings. The third kappa shape index (κ3) is 8.06. The molecule has 3 unspecified atom stereocenters. The van der Waals surface area contributed by atoms with Crippen LogP contribution in [0.5, 0.6) is 11.5 Å². The first-order chi connectivity index (χ1) is 16.8. The van der Waals surface area contributed by atoms with Gasteiger partial charge in [0.25, 0.3) is 0 Å². The Hall–Kier alpha value is -1.89. The minimum absolute atomic E-state index is 0.0939. The van der Waals surface area contributed by atoms with Crippen molar-refractivity contribution < 1.29 is 34.4 Å². The van der Waals surface area contributed by atoms with Gasteiger partial charge in [-0.25, -0.2) is 0 Å². The molecule has 9 nitrogen and oxygen atoms in total. The largest absolute Gasteiger partial charge is 0.493 e. The van der Waals surface area contributed by atoms with Crippen molar-refractivity contribution in [1.82, 2.24) is 10.2 Å². The van der Waals surface area contributed by atoms with E-state index in [0.29, 0.717) is 32.8 Å². The molecule has 0 heterocycles. The number of carbonyl (C=O) groups is 2. The van der Waals surface area contributed by atoms with Gasteiger partial charge in [-0.05, 0) is 52.8 Å². The third-order valence-corrected chi connectivity index (χ3v) is 6.80. The summed E-state index contributed by atoms with van der Waals surface area (Å²) in [5.41, 5.74) is 1.02. The second-order valence-electron chi connectivity index (χ2n) is 8.56. The Kier molecular flexibility index (Phi) is 12.3. The highest BCUT2D eigenvalue weighted by Crippen LogP contribution is 2.37. The lowest BCUT2D eigenvalue weighted by atomic mass is 9.88. The number of aliphatic hydroxyl groups excluding tert-OH is 3. The first-order valence-electron chi connectivity index (χ1n) is 12.0. The molecule has 0 radical (unpaired) electrons. The highest BCUT2D eigenvalue weighted by atomic mass is 127. The van der Waals surface area contributed by atoms with E-state index in [1.807, 2.05) is 0 Å². The Morgan fingerprint density at radius 2 is 1.97 bits per heavy atom. The average Bonchev–Trinajstić information content (AvgIpc) is 2.84. The van der Waals surface area contributed by atoms with Gasteiger partial charge in [-0.15, -0.1) is 0 Å². The van der Waals surface area contributed by atoms with Gasteiger partial charge in [0.2, 0.25) is 11.8 Å². The zero-order valence-corrected chi connectivity index (χ0v) is 22.8. The Morgan fingerprint density at radius 3 is 2.57 bits per heavy atom. The summed E-state index contributed by atoms with van der Waals surface area (Å²) in [4.78, 5) is 27.0. The van der Waals surface area contributed by atoms with Gasteiger partial charge < -0.3 is 35.0 Å². The van der Waals surface area contributed by atoms with Crippen LogP contribution < -0.4 is 14.8 Å². The van der Waals surface area contributed by atoms with E-state index in [1.54, 1.807) is 23.1 Å². The number of nitrogens with zero attached hydrogens (tertiary/aromatic N) is 1. The number of ether oxygens (including phenoxy) is 2. The summed E-state index contributed by atoms with van der Waals surface area (Å²) < 4.78 is 12.3. The molecule has 10 heteroatoms. The molecule has 2 rings (SSSR count). The van der Waals surface area contributed by atoms with Gasteiger partial charge in [0.15, 0.2) is 11.5 Å². The monoisotopic (exact) mass is 604 g/mol. The van der Waals surface area contributed by atoms with E-state index in [1.165, 1.54) is 14.0 Å². The smallest absolute Gasteiger partial charge is 0.247 e. The van der Waals surface area contributed by atoms with Gasteiger partial charge in [0, 0.05) is 32.0 Å². The second-order valence-corrected chi connectivity index (χ2v) is 9.72. The second kappa shape index (κ2) is 14.6. The van der Waals surface area contributed by atoms with Crippen molar-refractivity contribution in [1.29, 1.82) is 0 Å². The summed E-state index contributed by atoms with van der Waals surface area (Å²) in [7, 11) is 1.48. The predicted molar refractivity (Wildman–Crippen MR) is 140 cm³/mol. The Balaban J connectivity index is 2.40. The quantitative estimate of drug-likeness (QED) is 0.201. The van der Waals surface area contributed by atoms with Crippen LogP contribution in [-0.2, 0) is 16.2 Å². The van der Waals surface area contributed by atoms with Crippen molar-refractivity contribution in [3.05, 3.63) is 32.9 Å². The van der Waals surface area contributed by atoms with Crippen LogP contribution >= 0.6 is 22.6 Å². The highest BCUT2D eigenvalue weighted by Gasteiger charge is 2.40. The summed E-state index contributed by atoms with van der Waals surface area (Å²) in [6.45, 7) is 3.78. The number of halogens is 1. The van der Waals surface area contributed by atoms with Gasteiger partial charge in [-0.2, -0.15) is 0 Å². The number of aliphatic hydroxyl groups is 3. The maximum atomic E-state index is 12.8. The van der Waals surface area contributed by atoms with Crippen molar-refractivity contribution in [2.75, 3.05) is 26.8 Å². The zero-order chi connectivity index (χ0) is 26.0. The zero-order valence-electron chi connectivity index (χ0n) is 20.6. The van der Waals surface area contributed by atoms with Crippen molar-refractivity contribution >= 4 is 34.4 Å². The molecule has 4 N–H and O–H groups in total. The summed E-state index contributed by atoms with van der Waals surface area (Å²) in [5.74, 6) is 0.203. The first kappa shape index (κ1) is 29.3. The molecule has 0 aromatic heterocycles. The van der Waals surface area contributed by atoms with Crippen molar-refractivity contribution in [3.63, 3.8) is 0 Å². The number of benzene rings is 1. The van der Waals surface area contributed by atoms with E-state index < -0.39 is 18.2 Å². The number of unbranched alkanes of at least 4 members (excludes halogenated alkanes) is 3. The molecule has 0 fully saturated rings. The summed E-state index contributed by atoms with van der Waals surface area (Å²) in [5, 5.41) is 32.6.